The molecule has 120 valence electrons. The van der Waals surface area contributed by atoms with Gasteiger partial charge in [0.05, 0.1) is 17.4 Å². The van der Waals surface area contributed by atoms with Gasteiger partial charge in [-0.15, -0.1) is 0 Å². The van der Waals surface area contributed by atoms with E-state index in [9.17, 15) is 0 Å². The Hall–Kier alpha value is -3.16. The van der Waals surface area contributed by atoms with Gasteiger partial charge in [-0.3, -0.25) is 16.2 Å². The molecule has 0 saturated carbocycles. The van der Waals surface area contributed by atoms with Crippen LogP contribution in [0.15, 0.2) is 66.9 Å². The van der Waals surface area contributed by atoms with Gasteiger partial charge in [0.25, 0.3) is 0 Å². The lowest BCUT2D eigenvalue weighted by molar-refractivity contribution is 0.586. The van der Waals surface area contributed by atoms with Gasteiger partial charge in [-0.05, 0) is 24.3 Å². The molecule has 24 heavy (non-hydrogen) atoms. The number of nitrogens with one attached hydrogen (secondary N) is 3. The molecule has 1 aliphatic heterocycles. The van der Waals surface area contributed by atoms with Crippen molar-refractivity contribution in [1.29, 1.82) is 5.41 Å². The summed E-state index contributed by atoms with van der Waals surface area (Å²) in [7, 11) is 0. The third kappa shape index (κ3) is 2.23. The van der Waals surface area contributed by atoms with E-state index in [2.05, 4.69) is 15.8 Å². The van der Waals surface area contributed by atoms with Crippen LogP contribution in [0.3, 0.4) is 0 Å². The average molecular weight is 319 g/mol. The van der Waals surface area contributed by atoms with Crippen LogP contribution in [-0.2, 0) is 0 Å². The first-order chi connectivity index (χ1) is 11.8. The zero-order valence-electron chi connectivity index (χ0n) is 12.8. The first kappa shape index (κ1) is 14.4. The number of nitrogens with two attached hydrogens (primary N) is 1. The van der Waals surface area contributed by atoms with Crippen molar-refractivity contribution in [2.45, 2.75) is 6.29 Å². The van der Waals surface area contributed by atoms with E-state index in [1.807, 2.05) is 60.7 Å². The Labute approximate surface area is 139 Å². The molecule has 1 atom stereocenters. The number of fused-ring (bicyclic) bond motifs is 1. The Morgan fingerprint density at radius 3 is 2.25 bits per heavy atom. The molecule has 1 unspecified atom stereocenters. The molecule has 1 aromatic heterocycles. The molecule has 1 aliphatic rings. The van der Waals surface area contributed by atoms with Crippen LogP contribution in [0.1, 0.15) is 5.56 Å². The molecule has 0 saturated heterocycles. The molecule has 0 aliphatic carbocycles. The lowest BCUT2D eigenvalue weighted by Crippen LogP contribution is -2.59. The molecule has 3 aromatic rings. The van der Waals surface area contributed by atoms with Gasteiger partial charge in [0.2, 0.25) is 0 Å². The number of rotatable bonds is 3. The monoisotopic (exact) mass is 319 g/mol. The van der Waals surface area contributed by atoms with Crippen molar-refractivity contribution >= 4 is 17.3 Å². The summed E-state index contributed by atoms with van der Waals surface area (Å²) in [6.07, 6.45) is 1.24. The third-order valence-corrected chi connectivity index (χ3v) is 3.99. The molecule has 5 N–H and O–H groups in total. The molecular formula is C17H17N7. The van der Waals surface area contributed by atoms with Crippen molar-refractivity contribution in [2.75, 3.05) is 10.2 Å². The number of benzene rings is 2. The van der Waals surface area contributed by atoms with Crippen molar-refractivity contribution in [2.24, 2.45) is 5.84 Å². The Morgan fingerprint density at radius 1 is 1.00 bits per heavy atom. The number of aromatic nitrogens is 2. The number of hydrazine groups is 1. The van der Waals surface area contributed by atoms with Crippen molar-refractivity contribution in [3.8, 4) is 5.69 Å². The normalized spacial score (nSPS) is 16.6. The minimum atomic E-state index is -0.452. The molecule has 2 aromatic carbocycles. The summed E-state index contributed by atoms with van der Waals surface area (Å²) in [5.41, 5.74) is 5.23. The number of para-hydroxylation sites is 2. The highest BCUT2D eigenvalue weighted by Gasteiger charge is 2.33. The fourth-order valence-corrected chi connectivity index (χ4v) is 2.86. The van der Waals surface area contributed by atoms with E-state index >= 15 is 0 Å². The van der Waals surface area contributed by atoms with Gasteiger partial charge in [-0.2, -0.15) is 5.10 Å². The van der Waals surface area contributed by atoms with Gasteiger partial charge < -0.3 is 5.32 Å². The summed E-state index contributed by atoms with van der Waals surface area (Å²) >= 11 is 0. The number of hydrogen-bond donors (Lipinski definition) is 4. The Morgan fingerprint density at radius 2 is 1.62 bits per heavy atom. The largest absolute Gasteiger partial charge is 0.336 e. The first-order valence-electron chi connectivity index (χ1n) is 7.59. The summed E-state index contributed by atoms with van der Waals surface area (Å²) in [5, 5.41) is 16.4. The second kappa shape index (κ2) is 5.80. The molecular weight excluding hydrogens is 302 g/mol. The Balaban J connectivity index is 1.79. The number of anilines is 2. The second-order valence-corrected chi connectivity index (χ2v) is 5.42. The Bertz CT molecular complexity index is 857. The highest BCUT2D eigenvalue weighted by molar-refractivity contribution is 6.13. The molecule has 0 fully saturated rings. The van der Waals surface area contributed by atoms with Gasteiger partial charge in [0, 0.05) is 5.69 Å². The van der Waals surface area contributed by atoms with Crippen molar-refractivity contribution in [3.63, 3.8) is 0 Å². The van der Waals surface area contributed by atoms with Crippen LogP contribution in [0.2, 0.25) is 0 Å². The fourth-order valence-electron chi connectivity index (χ4n) is 2.86. The van der Waals surface area contributed by atoms with Crippen molar-refractivity contribution in [1.82, 2.24) is 15.2 Å². The molecule has 0 amide bonds. The van der Waals surface area contributed by atoms with Gasteiger partial charge in [0.1, 0.15) is 11.7 Å². The van der Waals surface area contributed by atoms with E-state index in [1.165, 1.54) is 0 Å². The minimum absolute atomic E-state index is 0.333. The van der Waals surface area contributed by atoms with Gasteiger partial charge in [0.15, 0.2) is 6.29 Å². The molecule has 2 heterocycles. The second-order valence-electron chi connectivity index (χ2n) is 5.42. The summed E-state index contributed by atoms with van der Waals surface area (Å²) in [6.45, 7) is 0. The van der Waals surface area contributed by atoms with Crippen LogP contribution in [0.4, 0.5) is 11.5 Å². The summed E-state index contributed by atoms with van der Waals surface area (Å²) in [4.78, 5) is 1.79. The molecule has 0 radical (unpaired) electrons. The highest BCUT2D eigenvalue weighted by atomic mass is 15.5. The summed E-state index contributed by atoms with van der Waals surface area (Å²) in [5.74, 6) is 6.80. The van der Waals surface area contributed by atoms with Gasteiger partial charge in [-0.25, -0.2) is 10.1 Å². The maximum Gasteiger partial charge on any atom is 0.174 e. The van der Waals surface area contributed by atoms with Crippen LogP contribution < -0.4 is 21.5 Å². The smallest absolute Gasteiger partial charge is 0.174 e. The standard InChI is InChI=1S/C17H17N7/c18-15-14-11-20-24(13-9-5-2-6-10-13)16(14)21-17(22-19)23(15)12-7-3-1-4-8-12/h1-11,17-18,21-22H,19H2. The lowest BCUT2D eigenvalue weighted by Gasteiger charge is -2.37. The molecule has 4 rings (SSSR count). The average Bonchev–Trinajstić information content (AvgIpc) is 3.07. The molecule has 7 heteroatoms. The molecule has 7 nitrogen and oxygen atoms in total. The maximum atomic E-state index is 8.61. The minimum Gasteiger partial charge on any atom is -0.336 e. The van der Waals surface area contributed by atoms with E-state index < -0.39 is 6.29 Å². The number of hydrogen-bond acceptors (Lipinski definition) is 5. The first-order valence-corrected chi connectivity index (χ1v) is 7.59. The summed E-state index contributed by atoms with van der Waals surface area (Å²) < 4.78 is 1.77. The van der Waals surface area contributed by atoms with Crippen LogP contribution in [0.5, 0.6) is 0 Å². The van der Waals surface area contributed by atoms with Gasteiger partial charge >= 0.3 is 0 Å². The fraction of sp³-hybridized carbons (Fsp3) is 0.0588. The van der Waals surface area contributed by atoms with Crippen LogP contribution in [-0.4, -0.2) is 21.9 Å². The van der Waals surface area contributed by atoms with Crippen LogP contribution >= 0.6 is 0 Å². The van der Waals surface area contributed by atoms with Crippen LogP contribution in [0, 0.1) is 5.41 Å². The maximum absolute atomic E-state index is 8.61. The van der Waals surface area contributed by atoms with Crippen molar-refractivity contribution < 1.29 is 0 Å². The molecule has 0 bridgehead atoms. The van der Waals surface area contributed by atoms with Crippen LogP contribution in [0.25, 0.3) is 5.69 Å². The predicted octanol–water partition coefficient (Wildman–Crippen LogP) is 1.88. The van der Waals surface area contributed by atoms with E-state index in [1.54, 1.807) is 15.8 Å². The zero-order valence-corrected chi connectivity index (χ0v) is 12.8. The van der Waals surface area contributed by atoms with E-state index in [0.29, 0.717) is 11.4 Å². The SMILES string of the molecule is N=C1c2cnn(-c3ccccc3)c2NC(NN)N1c1ccccc1. The quantitative estimate of drug-likeness (QED) is 0.437. The van der Waals surface area contributed by atoms with Crippen molar-refractivity contribution in [3.05, 3.63) is 72.4 Å². The van der Waals surface area contributed by atoms with E-state index in [4.69, 9.17) is 11.3 Å². The predicted molar refractivity (Wildman–Crippen MR) is 94.0 cm³/mol. The highest BCUT2D eigenvalue weighted by Crippen LogP contribution is 2.30. The van der Waals surface area contributed by atoms with E-state index in [0.717, 1.165) is 17.2 Å². The number of nitrogens with zero attached hydrogens (tertiary/aromatic N) is 3. The lowest BCUT2D eigenvalue weighted by atomic mass is 10.2. The Kier molecular flexibility index (Phi) is 3.49. The zero-order chi connectivity index (χ0) is 16.5. The number of amidine groups is 1. The molecule has 0 spiro atoms. The third-order valence-electron chi connectivity index (χ3n) is 3.99. The van der Waals surface area contributed by atoms with Gasteiger partial charge in [-0.1, -0.05) is 36.4 Å². The topological polar surface area (TPSA) is 95.0 Å². The summed E-state index contributed by atoms with van der Waals surface area (Å²) in [6, 6.07) is 19.5. The van der Waals surface area contributed by atoms with E-state index in [-0.39, 0.29) is 0 Å².